The van der Waals surface area contributed by atoms with Gasteiger partial charge in [-0.15, -0.1) is 0 Å². The van der Waals surface area contributed by atoms with Crippen molar-refractivity contribution in [3.05, 3.63) is 65.9 Å². The summed E-state index contributed by atoms with van der Waals surface area (Å²) in [4.78, 5) is 18.0. The van der Waals surface area contributed by atoms with E-state index < -0.39 is 0 Å². The minimum Gasteiger partial charge on any atom is -0.490 e. The molecule has 2 heterocycles. The molecule has 8 heteroatoms. The molecule has 0 unspecified atom stereocenters. The molecule has 0 aliphatic rings. The number of benzene rings is 2. The van der Waals surface area contributed by atoms with Crippen molar-refractivity contribution in [2.75, 3.05) is 25.1 Å². The summed E-state index contributed by atoms with van der Waals surface area (Å²) in [7, 11) is 0. The van der Waals surface area contributed by atoms with Gasteiger partial charge in [0.2, 0.25) is 5.75 Å². The molecule has 1 N–H and O–H groups in total. The van der Waals surface area contributed by atoms with Crippen LogP contribution in [0.4, 0.5) is 5.82 Å². The SMILES string of the molecule is CCOc1cc(C(=O)Nc2cc(C)nn2-c2ccc3ccccc3n2)cc(OCC)c1OCC. The molecule has 0 saturated heterocycles. The fourth-order valence-electron chi connectivity index (χ4n) is 3.64. The number of hydrogen-bond acceptors (Lipinski definition) is 6. The third kappa shape index (κ3) is 4.80. The quantitative estimate of drug-likeness (QED) is 0.370. The number of carbonyl (C=O) groups excluding carboxylic acids is 1. The summed E-state index contributed by atoms with van der Waals surface area (Å²) < 4.78 is 18.8. The van der Waals surface area contributed by atoms with E-state index in [0.717, 1.165) is 16.6 Å². The van der Waals surface area contributed by atoms with Gasteiger partial charge >= 0.3 is 0 Å². The van der Waals surface area contributed by atoms with Gasteiger partial charge in [-0.1, -0.05) is 18.2 Å². The average Bonchev–Trinajstić information content (AvgIpc) is 3.20. The largest absolute Gasteiger partial charge is 0.490 e. The van der Waals surface area contributed by atoms with E-state index in [2.05, 4.69) is 10.4 Å². The van der Waals surface area contributed by atoms with Crippen LogP contribution in [0.2, 0.25) is 0 Å². The number of para-hydroxylation sites is 1. The number of nitrogens with one attached hydrogen (secondary N) is 1. The Morgan fingerprint density at radius 1 is 0.912 bits per heavy atom. The monoisotopic (exact) mass is 460 g/mol. The first-order valence-corrected chi connectivity index (χ1v) is 11.3. The van der Waals surface area contributed by atoms with E-state index >= 15 is 0 Å². The van der Waals surface area contributed by atoms with Gasteiger partial charge in [0.15, 0.2) is 17.3 Å². The van der Waals surface area contributed by atoms with Crippen LogP contribution in [0.5, 0.6) is 17.2 Å². The summed E-state index contributed by atoms with van der Waals surface area (Å²) in [5.41, 5.74) is 1.98. The number of anilines is 1. The first-order valence-electron chi connectivity index (χ1n) is 11.3. The molecular weight excluding hydrogens is 432 g/mol. The van der Waals surface area contributed by atoms with Crippen molar-refractivity contribution in [1.29, 1.82) is 0 Å². The highest BCUT2D eigenvalue weighted by atomic mass is 16.5. The smallest absolute Gasteiger partial charge is 0.257 e. The van der Waals surface area contributed by atoms with Crippen LogP contribution >= 0.6 is 0 Å². The van der Waals surface area contributed by atoms with Crippen molar-refractivity contribution in [3.8, 4) is 23.1 Å². The fourth-order valence-corrected chi connectivity index (χ4v) is 3.64. The molecule has 4 rings (SSSR count). The van der Waals surface area contributed by atoms with Crippen LogP contribution in [0.15, 0.2) is 54.6 Å². The van der Waals surface area contributed by atoms with Gasteiger partial charge in [0.1, 0.15) is 5.82 Å². The molecular formula is C26H28N4O4. The second kappa shape index (κ2) is 10.2. The maximum Gasteiger partial charge on any atom is 0.257 e. The molecule has 34 heavy (non-hydrogen) atoms. The number of carbonyl (C=O) groups is 1. The Morgan fingerprint density at radius 3 is 2.26 bits per heavy atom. The molecule has 2 aromatic heterocycles. The summed E-state index contributed by atoms with van der Waals surface area (Å²) >= 11 is 0. The van der Waals surface area contributed by atoms with Gasteiger partial charge in [-0.2, -0.15) is 9.78 Å². The zero-order valence-corrected chi connectivity index (χ0v) is 19.8. The van der Waals surface area contributed by atoms with E-state index in [1.54, 1.807) is 22.9 Å². The minimum atomic E-state index is -0.327. The number of ether oxygens (including phenoxy) is 3. The number of rotatable bonds is 9. The number of aromatic nitrogens is 3. The summed E-state index contributed by atoms with van der Waals surface area (Å²) in [6, 6.07) is 16.8. The van der Waals surface area contributed by atoms with Crippen molar-refractivity contribution in [1.82, 2.24) is 14.8 Å². The summed E-state index contributed by atoms with van der Waals surface area (Å²) in [6.07, 6.45) is 0. The summed E-state index contributed by atoms with van der Waals surface area (Å²) in [5, 5.41) is 8.52. The molecule has 0 saturated carbocycles. The van der Waals surface area contributed by atoms with Gasteiger partial charge in [-0.25, -0.2) is 4.98 Å². The van der Waals surface area contributed by atoms with Gasteiger partial charge < -0.3 is 19.5 Å². The highest BCUT2D eigenvalue weighted by Gasteiger charge is 2.20. The van der Waals surface area contributed by atoms with E-state index in [-0.39, 0.29) is 5.91 Å². The normalized spacial score (nSPS) is 10.8. The molecule has 0 fully saturated rings. The number of nitrogens with zero attached hydrogens (tertiary/aromatic N) is 3. The zero-order chi connectivity index (χ0) is 24.1. The van der Waals surface area contributed by atoms with Crippen molar-refractivity contribution >= 4 is 22.6 Å². The Balaban J connectivity index is 1.69. The van der Waals surface area contributed by atoms with E-state index in [9.17, 15) is 4.79 Å². The predicted molar refractivity (Wildman–Crippen MR) is 132 cm³/mol. The maximum absolute atomic E-state index is 13.3. The van der Waals surface area contributed by atoms with Crippen LogP contribution in [0.1, 0.15) is 36.8 Å². The summed E-state index contributed by atoms with van der Waals surface area (Å²) in [5.74, 6) is 2.20. The molecule has 176 valence electrons. The number of aryl methyl sites for hydroxylation is 1. The number of amides is 1. The van der Waals surface area contributed by atoms with Crippen molar-refractivity contribution < 1.29 is 19.0 Å². The van der Waals surface area contributed by atoms with Gasteiger partial charge in [0.05, 0.1) is 31.0 Å². The van der Waals surface area contributed by atoms with E-state index in [0.29, 0.717) is 54.3 Å². The Morgan fingerprint density at radius 2 is 1.59 bits per heavy atom. The molecule has 0 aliphatic heterocycles. The van der Waals surface area contributed by atoms with E-state index in [1.165, 1.54) is 0 Å². The van der Waals surface area contributed by atoms with Crippen LogP contribution in [0.25, 0.3) is 16.7 Å². The highest BCUT2D eigenvalue weighted by Crippen LogP contribution is 2.39. The van der Waals surface area contributed by atoms with Gasteiger partial charge in [-0.05, 0) is 58.0 Å². The van der Waals surface area contributed by atoms with E-state index in [4.69, 9.17) is 19.2 Å². The first-order chi connectivity index (χ1) is 16.5. The predicted octanol–water partition coefficient (Wildman–Crippen LogP) is 5.18. The van der Waals surface area contributed by atoms with Gasteiger partial charge in [-0.3, -0.25) is 4.79 Å². The molecule has 1 amide bonds. The van der Waals surface area contributed by atoms with Crippen molar-refractivity contribution in [2.24, 2.45) is 0 Å². The lowest BCUT2D eigenvalue weighted by molar-refractivity contribution is 0.102. The molecule has 0 atom stereocenters. The maximum atomic E-state index is 13.3. The lowest BCUT2D eigenvalue weighted by atomic mass is 10.1. The Labute approximate surface area is 198 Å². The Kier molecular flexibility index (Phi) is 6.96. The molecule has 8 nitrogen and oxygen atoms in total. The summed E-state index contributed by atoms with van der Waals surface area (Å²) in [6.45, 7) is 8.80. The fraction of sp³-hybridized carbons (Fsp3) is 0.269. The molecule has 0 aliphatic carbocycles. The molecule has 0 spiro atoms. The van der Waals surface area contributed by atoms with Crippen LogP contribution in [0.3, 0.4) is 0 Å². The van der Waals surface area contributed by atoms with Crippen molar-refractivity contribution in [2.45, 2.75) is 27.7 Å². The number of hydrogen-bond donors (Lipinski definition) is 1. The standard InChI is InChI=1S/C26H28N4O4/c1-5-32-21-15-19(16-22(33-6-2)25(21)34-7-3)26(31)28-24-14-17(4)29-30(24)23-13-12-18-10-8-9-11-20(18)27-23/h8-16H,5-7H2,1-4H3,(H,28,31). The first kappa shape index (κ1) is 23.1. The van der Waals surface area contributed by atoms with Crippen LogP contribution in [-0.2, 0) is 0 Å². The Bertz CT molecular complexity index is 1290. The number of fused-ring (bicyclic) bond motifs is 1. The highest BCUT2D eigenvalue weighted by molar-refractivity contribution is 6.04. The average molecular weight is 461 g/mol. The zero-order valence-electron chi connectivity index (χ0n) is 19.8. The van der Waals surface area contributed by atoms with Gasteiger partial charge in [0, 0.05) is 17.0 Å². The lowest BCUT2D eigenvalue weighted by Crippen LogP contribution is -2.16. The second-order valence-corrected chi connectivity index (χ2v) is 7.50. The molecule has 4 aromatic rings. The third-order valence-electron chi connectivity index (χ3n) is 5.05. The lowest BCUT2D eigenvalue weighted by Gasteiger charge is -2.17. The van der Waals surface area contributed by atoms with Crippen LogP contribution in [-0.4, -0.2) is 40.5 Å². The minimum absolute atomic E-state index is 0.327. The molecule has 0 radical (unpaired) electrons. The van der Waals surface area contributed by atoms with Gasteiger partial charge in [0.25, 0.3) is 5.91 Å². The number of pyridine rings is 1. The third-order valence-corrected chi connectivity index (χ3v) is 5.05. The van der Waals surface area contributed by atoms with Crippen LogP contribution < -0.4 is 19.5 Å². The second-order valence-electron chi connectivity index (χ2n) is 7.50. The molecule has 2 aromatic carbocycles. The van der Waals surface area contributed by atoms with E-state index in [1.807, 2.05) is 64.1 Å². The molecule has 0 bridgehead atoms. The van der Waals surface area contributed by atoms with Crippen molar-refractivity contribution in [3.63, 3.8) is 0 Å². The van der Waals surface area contributed by atoms with Crippen LogP contribution in [0, 0.1) is 6.92 Å². The topological polar surface area (TPSA) is 87.5 Å². The Hall–Kier alpha value is -4.07.